The van der Waals surface area contributed by atoms with Gasteiger partial charge in [-0.3, -0.25) is 9.10 Å². The molecule has 0 spiro atoms. The minimum atomic E-state index is -3.55. The van der Waals surface area contributed by atoms with E-state index in [-0.39, 0.29) is 19.1 Å². The van der Waals surface area contributed by atoms with E-state index in [0.29, 0.717) is 33.6 Å². The Labute approximate surface area is 197 Å². The van der Waals surface area contributed by atoms with Gasteiger partial charge in [0.2, 0.25) is 10.0 Å². The molecule has 0 bridgehead atoms. The van der Waals surface area contributed by atoms with E-state index in [1.807, 2.05) is 18.2 Å². The molecule has 3 rings (SSSR count). The molecule has 0 heterocycles. The van der Waals surface area contributed by atoms with Gasteiger partial charge < -0.3 is 10.1 Å². The standard InChI is InChI=1S/C23H22Cl2N2O4S/c1-32(29,30)27(15-18-7-3-5-9-22(18)25)19-10-12-20(13-11-19)31-16-23(28)26-14-17-6-2-4-8-21(17)24/h2-13H,14-16H2,1H3,(H,26,28). The third kappa shape index (κ3) is 6.63. The van der Waals surface area contributed by atoms with Crippen LogP contribution in [0.2, 0.25) is 10.0 Å². The van der Waals surface area contributed by atoms with E-state index in [4.69, 9.17) is 27.9 Å². The van der Waals surface area contributed by atoms with Crippen LogP contribution < -0.4 is 14.4 Å². The highest BCUT2D eigenvalue weighted by Gasteiger charge is 2.19. The first kappa shape index (κ1) is 23.9. The second kappa shape index (κ2) is 10.7. The van der Waals surface area contributed by atoms with Gasteiger partial charge in [0.25, 0.3) is 5.91 Å². The summed E-state index contributed by atoms with van der Waals surface area (Å²) in [5.74, 6) is 0.137. The Morgan fingerprint density at radius 1 is 0.906 bits per heavy atom. The molecule has 0 aliphatic heterocycles. The van der Waals surface area contributed by atoms with Crippen LogP contribution in [0.4, 0.5) is 5.69 Å². The smallest absolute Gasteiger partial charge is 0.258 e. The highest BCUT2D eigenvalue weighted by atomic mass is 35.5. The average Bonchev–Trinajstić information content (AvgIpc) is 2.76. The average molecular weight is 493 g/mol. The summed E-state index contributed by atoms with van der Waals surface area (Å²) in [6, 6.07) is 20.8. The van der Waals surface area contributed by atoms with Gasteiger partial charge in [-0.15, -0.1) is 0 Å². The molecule has 0 fully saturated rings. The van der Waals surface area contributed by atoms with Crippen LogP contribution in [0.1, 0.15) is 11.1 Å². The summed E-state index contributed by atoms with van der Waals surface area (Å²) in [6.45, 7) is 0.217. The molecule has 0 atom stereocenters. The van der Waals surface area contributed by atoms with Crippen LogP contribution in [0.25, 0.3) is 0 Å². The van der Waals surface area contributed by atoms with Gasteiger partial charge in [0.1, 0.15) is 5.75 Å². The van der Waals surface area contributed by atoms with Crippen molar-refractivity contribution in [2.24, 2.45) is 0 Å². The number of halogens is 2. The lowest BCUT2D eigenvalue weighted by Crippen LogP contribution is -2.29. The molecule has 1 N–H and O–H groups in total. The van der Waals surface area contributed by atoms with Gasteiger partial charge in [-0.05, 0) is 47.5 Å². The molecule has 0 aromatic heterocycles. The molecule has 0 unspecified atom stereocenters. The molecule has 3 aromatic rings. The summed E-state index contributed by atoms with van der Waals surface area (Å²) >= 11 is 12.3. The SMILES string of the molecule is CS(=O)(=O)N(Cc1ccccc1Cl)c1ccc(OCC(=O)NCc2ccccc2Cl)cc1. The minimum absolute atomic E-state index is 0.100. The Morgan fingerprint density at radius 2 is 1.47 bits per heavy atom. The van der Waals surface area contributed by atoms with Gasteiger partial charge in [0.15, 0.2) is 6.61 Å². The van der Waals surface area contributed by atoms with E-state index < -0.39 is 10.0 Å². The molecule has 3 aromatic carbocycles. The zero-order valence-corrected chi connectivity index (χ0v) is 19.6. The first-order chi connectivity index (χ1) is 15.2. The number of hydrogen-bond acceptors (Lipinski definition) is 4. The maximum absolute atomic E-state index is 12.3. The van der Waals surface area contributed by atoms with E-state index in [0.717, 1.165) is 11.8 Å². The Balaban J connectivity index is 1.61. The van der Waals surface area contributed by atoms with Gasteiger partial charge in [-0.2, -0.15) is 0 Å². The Morgan fingerprint density at radius 3 is 2.03 bits per heavy atom. The number of nitrogens with zero attached hydrogens (tertiary/aromatic N) is 1. The van der Waals surface area contributed by atoms with E-state index in [2.05, 4.69) is 5.32 Å². The van der Waals surface area contributed by atoms with E-state index in [9.17, 15) is 13.2 Å². The Hall–Kier alpha value is -2.74. The number of sulfonamides is 1. The molecular formula is C23H22Cl2N2O4S. The Bertz CT molecular complexity index is 1180. The number of carbonyl (C=O) groups is 1. The second-order valence-electron chi connectivity index (χ2n) is 7.01. The molecule has 0 saturated heterocycles. The number of carbonyl (C=O) groups excluding carboxylic acids is 1. The molecule has 0 aliphatic carbocycles. The predicted molar refractivity (Wildman–Crippen MR) is 128 cm³/mol. The van der Waals surface area contributed by atoms with Crippen LogP contribution in [0.3, 0.4) is 0 Å². The quantitative estimate of drug-likeness (QED) is 0.471. The fourth-order valence-electron chi connectivity index (χ4n) is 2.93. The first-order valence-electron chi connectivity index (χ1n) is 9.68. The molecule has 0 radical (unpaired) electrons. The number of hydrogen-bond donors (Lipinski definition) is 1. The zero-order valence-electron chi connectivity index (χ0n) is 17.3. The van der Waals surface area contributed by atoms with Crippen LogP contribution in [-0.4, -0.2) is 27.2 Å². The monoisotopic (exact) mass is 492 g/mol. The summed E-state index contributed by atoms with van der Waals surface area (Å²) in [7, 11) is -3.55. The maximum atomic E-state index is 12.3. The lowest BCUT2D eigenvalue weighted by molar-refractivity contribution is -0.123. The summed E-state index contributed by atoms with van der Waals surface area (Å²) in [6.07, 6.45) is 1.14. The van der Waals surface area contributed by atoms with E-state index in [1.165, 1.54) is 4.31 Å². The van der Waals surface area contributed by atoms with Crippen molar-refractivity contribution in [1.29, 1.82) is 0 Å². The summed E-state index contributed by atoms with van der Waals surface area (Å²) in [5, 5.41) is 3.81. The molecule has 9 heteroatoms. The third-order valence-electron chi connectivity index (χ3n) is 4.60. The minimum Gasteiger partial charge on any atom is -0.484 e. The predicted octanol–water partition coefficient (Wildman–Crippen LogP) is 4.65. The van der Waals surface area contributed by atoms with Crippen molar-refractivity contribution >= 4 is 44.8 Å². The van der Waals surface area contributed by atoms with Crippen molar-refractivity contribution in [3.05, 3.63) is 94.0 Å². The van der Waals surface area contributed by atoms with Crippen LogP contribution in [0.5, 0.6) is 5.75 Å². The fraction of sp³-hybridized carbons (Fsp3) is 0.174. The zero-order chi connectivity index (χ0) is 23.1. The van der Waals surface area contributed by atoms with Gasteiger partial charge in [-0.1, -0.05) is 59.6 Å². The van der Waals surface area contributed by atoms with Crippen molar-refractivity contribution < 1.29 is 17.9 Å². The van der Waals surface area contributed by atoms with Gasteiger partial charge in [0.05, 0.1) is 18.5 Å². The number of rotatable bonds is 9. The normalized spacial score (nSPS) is 11.1. The van der Waals surface area contributed by atoms with Crippen molar-refractivity contribution in [2.75, 3.05) is 17.2 Å². The number of amides is 1. The van der Waals surface area contributed by atoms with Crippen LogP contribution in [-0.2, 0) is 27.9 Å². The molecular weight excluding hydrogens is 471 g/mol. The van der Waals surface area contributed by atoms with Gasteiger partial charge in [0, 0.05) is 16.6 Å². The summed E-state index contributed by atoms with van der Waals surface area (Å²) < 4.78 is 31.5. The largest absolute Gasteiger partial charge is 0.484 e. The number of ether oxygens (including phenoxy) is 1. The number of benzene rings is 3. The van der Waals surface area contributed by atoms with Crippen molar-refractivity contribution in [2.45, 2.75) is 13.1 Å². The fourth-order valence-corrected chi connectivity index (χ4v) is 4.20. The topological polar surface area (TPSA) is 75.7 Å². The molecule has 0 aliphatic rings. The van der Waals surface area contributed by atoms with Crippen molar-refractivity contribution in [3.63, 3.8) is 0 Å². The second-order valence-corrected chi connectivity index (χ2v) is 9.73. The van der Waals surface area contributed by atoms with Crippen LogP contribution >= 0.6 is 23.2 Å². The number of anilines is 1. The lowest BCUT2D eigenvalue weighted by atomic mass is 10.2. The van der Waals surface area contributed by atoms with Crippen LogP contribution in [0, 0.1) is 0 Å². The van der Waals surface area contributed by atoms with E-state index in [1.54, 1.807) is 54.6 Å². The third-order valence-corrected chi connectivity index (χ3v) is 6.48. The summed E-state index contributed by atoms with van der Waals surface area (Å²) in [4.78, 5) is 12.1. The van der Waals surface area contributed by atoms with Crippen molar-refractivity contribution in [1.82, 2.24) is 5.32 Å². The number of nitrogens with one attached hydrogen (secondary N) is 1. The molecule has 168 valence electrons. The lowest BCUT2D eigenvalue weighted by Gasteiger charge is -2.23. The highest BCUT2D eigenvalue weighted by Crippen LogP contribution is 2.26. The molecule has 32 heavy (non-hydrogen) atoms. The van der Waals surface area contributed by atoms with Gasteiger partial charge in [-0.25, -0.2) is 8.42 Å². The van der Waals surface area contributed by atoms with Crippen molar-refractivity contribution in [3.8, 4) is 5.75 Å². The van der Waals surface area contributed by atoms with E-state index >= 15 is 0 Å². The van der Waals surface area contributed by atoms with Gasteiger partial charge >= 0.3 is 0 Å². The maximum Gasteiger partial charge on any atom is 0.258 e. The molecule has 0 saturated carbocycles. The molecule has 6 nitrogen and oxygen atoms in total. The Kier molecular flexibility index (Phi) is 8.01. The molecule has 1 amide bonds. The summed E-state index contributed by atoms with van der Waals surface area (Å²) in [5.41, 5.74) is 1.96. The highest BCUT2D eigenvalue weighted by molar-refractivity contribution is 7.92. The first-order valence-corrected chi connectivity index (χ1v) is 12.3. The van der Waals surface area contributed by atoms with Crippen LogP contribution in [0.15, 0.2) is 72.8 Å².